The zero-order valence-electron chi connectivity index (χ0n) is 18.9. The maximum atomic E-state index is 14.3. The van der Waals surface area contributed by atoms with Crippen LogP contribution in [-0.4, -0.2) is 27.0 Å². The van der Waals surface area contributed by atoms with Gasteiger partial charge in [0.2, 0.25) is 0 Å². The molecule has 176 valence electrons. The molecule has 0 atom stereocenters. The number of hydrogen-bond acceptors (Lipinski definition) is 5. The van der Waals surface area contributed by atoms with E-state index in [2.05, 4.69) is 10.3 Å². The van der Waals surface area contributed by atoms with Crippen LogP contribution in [0.15, 0.2) is 94.8 Å². The maximum absolute atomic E-state index is 14.3. The number of aromatic nitrogens is 3. The summed E-state index contributed by atoms with van der Waals surface area (Å²) in [4.78, 5) is 21.6. The molecule has 0 spiro atoms. The zero-order valence-corrected chi connectivity index (χ0v) is 19.7. The van der Waals surface area contributed by atoms with E-state index in [1.165, 1.54) is 6.07 Å². The summed E-state index contributed by atoms with van der Waals surface area (Å²) in [5.41, 5.74) is 3.74. The van der Waals surface area contributed by atoms with Gasteiger partial charge in [-0.3, -0.25) is 9.36 Å². The van der Waals surface area contributed by atoms with Gasteiger partial charge in [-0.15, -0.1) is 0 Å². The average Bonchev–Trinajstić information content (AvgIpc) is 3.52. The van der Waals surface area contributed by atoms with E-state index >= 15 is 0 Å². The second-order valence-electron chi connectivity index (χ2n) is 7.99. The molecule has 0 unspecified atom stereocenters. The number of benzene rings is 2. The molecule has 0 saturated heterocycles. The summed E-state index contributed by atoms with van der Waals surface area (Å²) in [5.74, 6) is 1.13. The van der Waals surface area contributed by atoms with Crippen LogP contribution in [-0.2, 0) is 18.7 Å². The lowest BCUT2D eigenvalue weighted by Gasteiger charge is -2.10. The Labute approximate surface area is 206 Å². The van der Waals surface area contributed by atoms with Crippen molar-refractivity contribution in [2.24, 2.45) is 0 Å². The fourth-order valence-electron chi connectivity index (χ4n) is 3.74. The first-order chi connectivity index (χ1) is 17.2. The summed E-state index contributed by atoms with van der Waals surface area (Å²) in [7, 11) is 0. The molecule has 3 heterocycles. The summed E-state index contributed by atoms with van der Waals surface area (Å²) in [6.45, 7) is 0.857. The normalized spacial score (nSPS) is 11.1. The monoisotopic (exact) mass is 486 g/mol. The Balaban J connectivity index is 1.25. The highest BCUT2D eigenvalue weighted by Crippen LogP contribution is 2.27. The predicted molar refractivity (Wildman–Crippen MR) is 134 cm³/mol. The number of fused-ring (bicyclic) bond motifs is 1. The van der Waals surface area contributed by atoms with Crippen LogP contribution in [0.3, 0.4) is 0 Å². The van der Waals surface area contributed by atoms with Crippen LogP contribution in [0.25, 0.3) is 11.2 Å². The number of amides is 1. The van der Waals surface area contributed by atoms with Crippen molar-refractivity contribution < 1.29 is 13.6 Å². The molecule has 0 aliphatic carbocycles. The molecule has 0 radical (unpaired) electrons. The first kappa shape index (κ1) is 22.9. The van der Waals surface area contributed by atoms with Gasteiger partial charge in [0.05, 0.1) is 12.8 Å². The standard InChI is InChI=1S/C27H23FN4O2S/c28-23-7-2-1-5-21(23)17-32-25-24(8-3-14-29-25)31-27(32)35-18-19-9-11-20(12-10-19)26(33)30-15-13-22-6-4-16-34-22/h1-12,14,16H,13,15,17-18H2,(H,30,33). The smallest absolute Gasteiger partial charge is 0.251 e. The van der Waals surface area contributed by atoms with Crippen molar-refractivity contribution in [2.75, 3.05) is 6.54 Å². The number of imidazole rings is 1. The largest absolute Gasteiger partial charge is 0.469 e. The molecule has 0 aliphatic rings. The Morgan fingerprint density at radius 2 is 1.89 bits per heavy atom. The van der Waals surface area contributed by atoms with Gasteiger partial charge in [-0.25, -0.2) is 14.4 Å². The number of carbonyl (C=O) groups excluding carboxylic acids is 1. The van der Waals surface area contributed by atoms with Crippen LogP contribution >= 0.6 is 11.8 Å². The molecule has 8 heteroatoms. The first-order valence-corrected chi connectivity index (χ1v) is 12.2. The fourth-order valence-corrected chi connectivity index (χ4v) is 4.70. The molecule has 2 aromatic carbocycles. The van der Waals surface area contributed by atoms with E-state index in [0.717, 1.165) is 27.6 Å². The molecular formula is C27H23FN4O2S. The minimum Gasteiger partial charge on any atom is -0.469 e. The van der Waals surface area contributed by atoms with E-state index in [4.69, 9.17) is 9.40 Å². The number of halogens is 1. The Hall–Kier alpha value is -3.91. The summed E-state index contributed by atoms with van der Waals surface area (Å²) >= 11 is 1.56. The lowest BCUT2D eigenvalue weighted by Crippen LogP contribution is -2.25. The second kappa shape index (κ2) is 10.6. The van der Waals surface area contributed by atoms with E-state index in [-0.39, 0.29) is 11.7 Å². The predicted octanol–water partition coefficient (Wildman–Crippen LogP) is 5.48. The highest BCUT2D eigenvalue weighted by atomic mass is 32.2. The summed E-state index contributed by atoms with van der Waals surface area (Å²) in [6, 6.07) is 21.7. The van der Waals surface area contributed by atoms with Gasteiger partial charge in [0.1, 0.15) is 17.1 Å². The Morgan fingerprint density at radius 3 is 2.69 bits per heavy atom. The first-order valence-electron chi connectivity index (χ1n) is 11.2. The molecule has 0 bridgehead atoms. The second-order valence-corrected chi connectivity index (χ2v) is 8.93. The van der Waals surface area contributed by atoms with Gasteiger partial charge < -0.3 is 9.73 Å². The lowest BCUT2D eigenvalue weighted by molar-refractivity contribution is 0.0953. The van der Waals surface area contributed by atoms with E-state index < -0.39 is 0 Å². The summed E-state index contributed by atoms with van der Waals surface area (Å²) in [6.07, 6.45) is 3.99. The van der Waals surface area contributed by atoms with Crippen LogP contribution in [0, 0.1) is 5.82 Å². The molecule has 5 aromatic rings. The third-order valence-corrected chi connectivity index (χ3v) is 6.62. The van der Waals surface area contributed by atoms with Crippen LogP contribution in [0.1, 0.15) is 27.2 Å². The van der Waals surface area contributed by atoms with Gasteiger partial charge >= 0.3 is 0 Å². The number of thioether (sulfide) groups is 1. The summed E-state index contributed by atoms with van der Waals surface area (Å²) in [5, 5.41) is 3.68. The molecule has 5 rings (SSSR count). The van der Waals surface area contributed by atoms with Crippen molar-refractivity contribution in [2.45, 2.75) is 23.9 Å². The van der Waals surface area contributed by atoms with E-state index in [1.807, 2.05) is 59.2 Å². The lowest BCUT2D eigenvalue weighted by atomic mass is 10.1. The van der Waals surface area contributed by atoms with Gasteiger partial charge in [0.15, 0.2) is 10.8 Å². The van der Waals surface area contributed by atoms with Gasteiger partial charge in [-0.1, -0.05) is 42.1 Å². The Kier molecular flexibility index (Phi) is 6.90. The molecule has 1 N–H and O–H groups in total. The maximum Gasteiger partial charge on any atom is 0.251 e. The number of hydrogen-bond donors (Lipinski definition) is 1. The molecule has 6 nitrogen and oxygen atoms in total. The quantitative estimate of drug-likeness (QED) is 0.280. The van der Waals surface area contributed by atoms with E-state index in [9.17, 15) is 9.18 Å². The summed E-state index contributed by atoms with van der Waals surface area (Å²) < 4.78 is 21.5. The molecule has 0 saturated carbocycles. The van der Waals surface area contributed by atoms with Crippen molar-refractivity contribution in [3.05, 3.63) is 114 Å². The number of rotatable bonds is 9. The SMILES string of the molecule is O=C(NCCc1ccco1)c1ccc(CSc2nc3cccnc3n2Cc2ccccc2F)cc1. The van der Waals surface area contributed by atoms with Crippen molar-refractivity contribution in [3.8, 4) is 0 Å². The molecule has 0 aliphatic heterocycles. The van der Waals surface area contributed by atoms with Crippen molar-refractivity contribution in [1.82, 2.24) is 19.9 Å². The van der Waals surface area contributed by atoms with Gasteiger partial charge in [-0.2, -0.15) is 0 Å². The molecular weight excluding hydrogens is 463 g/mol. The van der Waals surface area contributed by atoms with E-state index in [0.29, 0.717) is 36.4 Å². The molecule has 3 aromatic heterocycles. The number of nitrogens with one attached hydrogen (secondary N) is 1. The van der Waals surface area contributed by atoms with Crippen LogP contribution in [0.2, 0.25) is 0 Å². The zero-order chi connectivity index (χ0) is 24.0. The fraction of sp³-hybridized carbons (Fsp3) is 0.148. The van der Waals surface area contributed by atoms with Gasteiger partial charge in [0.25, 0.3) is 5.91 Å². The highest BCUT2D eigenvalue weighted by molar-refractivity contribution is 7.98. The molecule has 1 amide bonds. The Morgan fingerprint density at radius 1 is 1.03 bits per heavy atom. The number of nitrogens with zero attached hydrogens (tertiary/aromatic N) is 3. The third-order valence-electron chi connectivity index (χ3n) is 5.58. The third kappa shape index (κ3) is 5.44. The van der Waals surface area contributed by atoms with Crippen molar-refractivity contribution >= 4 is 28.8 Å². The molecule has 35 heavy (non-hydrogen) atoms. The van der Waals surface area contributed by atoms with Crippen LogP contribution in [0.5, 0.6) is 0 Å². The minimum absolute atomic E-state index is 0.117. The molecule has 0 fully saturated rings. The average molecular weight is 487 g/mol. The number of carbonyl (C=O) groups is 1. The number of pyridine rings is 1. The van der Waals surface area contributed by atoms with E-state index in [1.54, 1.807) is 36.4 Å². The van der Waals surface area contributed by atoms with Gasteiger partial charge in [0, 0.05) is 36.0 Å². The minimum atomic E-state index is -0.251. The van der Waals surface area contributed by atoms with Crippen molar-refractivity contribution in [3.63, 3.8) is 0 Å². The van der Waals surface area contributed by atoms with Crippen LogP contribution < -0.4 is 5.32 Å². The number of furan rings is 1. The van der Waals surface area contributed by atoms with Crippen LogP contribution in [0.4, 0.5) is 4.39 Å². The Bertz CT molecular complexity index is 1430. The van der Waals surface area contributed by atoms with Crippen molar-refractivity contribution in [1.29, 1.82) is 0 Å². The highest BCUT2D eigenvalue weighted by Gasteiger charge is 2.15. The topological polar surface area (TPSA) is 73.0 Å². The van der Waals surface area contributed by atoms with Gasteiger partial charge in [-0.05, 0) is 48.0 Å².